The van der Waals surface area contributed by atoms with E-state index in [1.54, 1.807) is 48.7 Å². The lowest BCUT2D eigenvalue weighted by molar-refractivity contribution is 0.307. The van der Waals surface area contributed by atoms with Gasteiger partial charge in [0.1, 0.15) is 29.7 Å². The largest absolute Gasteiger partial charge is 0.488 e. The summed E-state index contributed by atoms with van der Waals surface area (Å²) >= 11 is 13.7. The molecule has 0 aliphatic carbocycles. The molecule has 3 aromatic rings. The van der Waals surface area contributed by atoms with Gasteiger partial charge in [0.05, 0.1) is 0 Å². The molecule has 5 nitrogen and oxygen atoms in total. The van der Waals surface area contributed by atoms with Crippen LogP contribution in [0.25, 0.3) is 11.3 Å². The number of ether oxygens (including phenoxy) is 1. The van der Waals surface area contributed by atoms with Crippen LogP contribution in [0.4, 0.5) is 0 Å². The monoisotopic (exact) mass is 417 g/mol. The number of hydrogen-bond acceptors (Lipinski definition) is 5. The van der Waals surface area contributed by atoms with Crippen LogP contribution < -0.4 is 10.3 Å². The Hall–Kier alpha value is -2.46. The Morgan fingerprint density at radius 3 is 2.56 bits per heavy atom. The molecule has 0 amide bonds. The number of nitrogens with one attached hydrogen (secondary N) is 1. The summed E-state index contributed by atoms with van der Waals surface area (Å²) in [6, 6.07) is 14.2. The van der Waals surface area contributed by atoms with Crippen molar-refractivity contribution in [3.8, 4) is 23.1 Å². The molecule has 0 saturated heterocycles. The third kappa shape index (κ3) is 4.11. The normalized spacial score (nSPS) is 10.4. The number of halogens is 2. The lowest BCUT2D eigenvalue weighted by Gasteiger charge is -2.13. The van der Waals surface area contributed by atoms with Gasteiger partial charge in [0, 0.05) is 21.2 Å². The van der Waals surface area contributed by atoms with E-state index in [0.717, 1.165) is 0 Å². The summed E-state index contributed by atoms with van der Waals surface area (Å²) in [5.74, 6) is 0.468. The molecule has 1 heterocycles. The van der Waals surface area contributed by atoms with Gasteiger partial charge in [-0.15, -0.1) is 0 Å². The van der Waals surface area contributed by atoms with Gasteiger partial charge in [-0.3, -0.25) is 4.79 Å². The minimum Gasteiger partial charge on any atom is -0.488 e. The summed E-state index contributed by atoms with van der Waals surface area (Å²) in [6.45, 7) is 0.135. The molecule has 3 rings (SSSR count). The Morgan fingerprint density at radius 2 is 1.89 bits per heavy atom. The predicted octanol–water partition coefficient (Wildman–Crippen LogP) is 4.92. The molecule has 0 atom stereocenters. The molecule has 0 unspecified atom stereocenters. The van der Waals surface area contributed by atoms with Crippen LogP contribution in [0.3, 0.4) is 0 Å². The van der Waals surface area contributed by atoms with Gasteiger partial charge in [-0.25, -0.2) is 4.98 Å². The van der Waals surface area contributed by atoms with E-state index in [0.29, 0.717) is 32.1 Å². The average Bonchev–Trinajstić information content (AvgIpc) is 2.67. The number of aromatic nitrogens is 2. The second-order valence-electron chi connectivity index (χ2n) is 5.40. The highest BCUT2D eigenvalue weighted by Crippen LogP contribution is 2.32. The Morgan fingerprint density at radius 1 is 1.19 bits per heavy atom. The van der Waals surface area contributed by atoms with Crippen LogP contribution in [0.1, 0.15) is 11.1 Å². The Balaban J connectivity index is 2.04. The van der Waals surface area contributed by atoms with E-state index in [2.05, 4.69) is 9.97 Å². The fourth-order valence-electron chi connectivity index (χ4n) is 2.46. The number of H-pyrrole nitrogens is 1. The second kappa shape index (κ2) is 8.49. The number of rotatable bonds is 5. The second-order valence-corrected chi connectivity index (χ2v) is 7.01. The van der Waals surface area contributed by atoms with Crippen molar-refractivity contribution in [1.82, 2.24) is 9.97 Å². The summed E-state index contributed by atoms with van der Waals surface area (Å²) in [5.41, 5.74) is 0.903. The molecule has 0 bridgehead atoms. The number of hydrogen-bond donors (Lipinski definition) is 1. The van der Waals surface area contributed by atoms with Gasteiger partial charge >= 0.3 is 0 Å². The van der Waals surface area contributed by atoms with Crippen molar-refractivity contribution in [3.05, 3.63) is 74.0 Å². The number of thioether (sulfide) groups is 1. The first-order chi connectivity index (χ1) is 13.0. The van der Waals surface area contributed by atoms with E-state index in [1.807, 2.05) is 6.07 Å². The number of aromatic amines is 1. The number of nitriles is 1. The number of benzene rings is 2. The van der Waals surface area contributed by atoms with Crippen LogP contribution in [-0.4, -0.2) is 16.2 Å². The SMILES string of the molecule is CSc1nc(-c2ccccc2OCc2c(Cl)cccc2Cl)c(C#N)c(=O)[nH]1. The molecule has 136 valence electrons. The molecule has 0 spiro atoms. The molecule has 0 aliphatic heterocycles. The van der Waals surface area contributed by atoms with E-state index in [4.69, 9.17) is 27.9 Å². The molecule has 0 aliphatic rings. The van der Waals surface area contributed by atoms with Gasteiger partial charge in [-0.05, 0) is 30.5 Å². The van der Waals surface area contributed by atoms with Gasteiger partial charge in [0.25, 0.3) is 5.56 Å². The summed E-state index contributed by atoms with van der Waals surface area (Å²) in [6.07, 6.45) is 1.79. The Kier molecular flexibility index (Phi) is 6.07. The van der Waals surface area contributed by atoms with E-state index in [-0.39, 0.29) is 17.9 Å². The molecule has 1 aromatic heterocycles. The van der Waals surface area contributed by atoms with E-state index in [9.17, 15) is 10.1 Å². The van der Waals surface area contributed by atoms with Crippen LogP contribution in [0.15, 0.2) is 52.4 Å². The van der Waals surface area contributed by atoms with Crippen molar-refractivity contribution in [2.45, 2.75) is 11.8 Å². The van der Waals surface area contributed by atoms with Crippen molar-refractivity contribution in [1.29, 1.82) is 5.26 Å². The standard InChI is InChI=1S/C19H13Cl2N3O2S/c1-27-19-23-17(12(9-22)18(25)24-19)11-5-2-3-8-16(11)26-10-13-14(20)6-4-7-15(13)21/h2-8H,10H2,1H3,(H,23,24,25). The first-order valence-electron chi connectivity index (χ1n) is 7.78. The highest BCUT2D eigenvalue weighted by atomic mass is 35.5. The summed E-state index contributed by atoms with van der Waals surface area (Å²) < 4.78 is 5.91. The van der Waals surface area contributed by atoms with Gasteiger partial charge in [-0.2, -0.15) is 5.26 Å². The third-order valence-electron chi connectivity index (χ3n) is 3.78. The lowest BCUT2D eigenvalue weighted by atomic mass is 10.1. The molecule has 8 heteroatoms. The molecule has 0 fully saturated rings. The highest BCUT2D eigenvalue weighted by Gasteiger charge is 2.17. The van der Waals surface area contributed by atoms with E-state index in [1.165, 1.54) is 11.8 Å². The maximum absolute atomic E-state index is 12.2. The average molecular weight is 418 g/mol. The quantitative estimate of drug-likeness (QED) is 0.470. The molecule has 1 N–H and O–H groups in total. The van der Waals surface area contributed by atoms with Gasteiger partial charge in [0.2, 0.25) is 0 Å². The van der Waals surface area contributed by atoms with Crippen LogP contribution in [0.5, 0.6) is 5.75 Å². The fourth-order valence-corrected chi connectivity index (χ4v) is 3.34. The number of nitrogens with zero attached hydrogens (tertiary/aromatic N) is 2. The molecule has 0 saturated carbocycles. The van der Waals surface area contributed by atoms with Gasteiger partial charge < -0.3 is 9.72 Å². The van der Waals surface area contributed by atoms with Crippen molar-refractivity contribution < 1.29 is 4.74 Å². The number of para-hydroxylation sites is 1. The lowest BCUT2D eigenvalue weighted by Crippen LogP contribution is -2.15. The topological polar surface area (TPSA) is 78.8 Å². The van der Waals surface area contributed by atoms with E-state index < -0.39 is 5.56 Å². The molecular formula is C19H13Cl2N3O2S. The first-order valence-corrected chi connectivity index (χ1v) is 9.76. The van der Waals surface area contributed by atoms with Crippen LogP contribution >= 0.6 is 35.0 Å². The zero-order valence-corrected chi connectivity index (χ0v) is 16.5. The summed E-state index contributed by atoms with van der Waals surface area (Å²) in [7, 11) is 0. The van der Waals surface area contributed by atoms with Crippen molar-refractivity contribution in [3.63, 3.8) is 0 Å². The van der Waals surface area contributed by atoms with Crippen LogP contribution in [0.2, 0.25) is 10.0 Å². The molecule has 2 aromatic carbocycles. The zero-order chi connectivity index (χ0) is 19.4. The smallest absolute Gasteiger partial charge is 0.270 e. The van der Waals surface area contributed by atoms with Crippen molar-refractivity contribution in [2.24, 2.45) is 0 Å². The molecule has 27 heavy (non-hydrogen) atoms. The molecule has 0 radical (unpaired) electrons. The fraction of sp³-hybridized carbons (Fsp3) is 0.105. The van der Waals surface area contributed by atoms with Gasteiger partial charge in [0.15, 0.2) is 5.16 Å². The van der Waals surface area contributed by atoms with Crippen LogP contribution in [-0.2, 0) is 6.61 Å². The van der Waals surface area contributed by atoms with Crippen molar-refractivity contribution >= 4 is 35.0 Å². The maximum Gasteiger partial charge on any atom is 0.270 e. The third-order valence-corrected chi connectivity index (χ3v) is 5.07. The summed E-state index contributed by atoms with van der Waals surface area (Å²) in [4.78, 5) is 19.2. The highest BCUT2D eigenvalue weighted by molar-refractivity contribution is 7.98. The summed E-state index contributed by atoms with van der Waals surface area (Å²) in [5, 5.41) is 10.8. The van der Waals surface area contributed by atoms with Gasteiger partial charge in [-0.1, -0.05) is 53.2 Å². The Labute approximate surface area is 169 Å². The zero-order valence-electron chi connectivity index (χ0n) is 14.1. The van der Waals surface area contributed by atoms with E-state index >= 15 is 0 Å². The van der Waals surface area contributed by atoms with Crippen molar-refractivity contribution in [2.75, 3.05) is 6.26 Å². The minimum atomic E-state index is -0.490. The minimum absolute atomic E-state index is 0.0698. The van der Waals surface area contributed by atoms with Crippen LogP contribution in [0, 0.1) is 11.3 Å². The maximum atomic E-state index is 12.2. The predicted molar refractivity (Wildman–Crippen MR) is 108 cm³/mol. The molecular weight excluding hydrogens is 405 g/mol. The Bertz CT molecular complexity index is 1070. The first kappa shape index (κ1) is 19.3.